The van der Waals surface area contributed by atoms with Gasteiger partial charge in [0.05, 0.1) is 5.69 Å². The standard InChI is InChI=1S/C11H6Cl2F2N2O/c1-2-5-3-6(18)17(4-5)9-7(12)10(14)16-11(15)8(9)13/h1,5H,3-4H2. The first-order valence-corrected chi connectivity index (χ1v) is 5.67. The van der Waals surface area contributed by atoms with Crippen LogP contribution >= 0.6 is 23.2 Å². The molecule has 1 aliphatic rings. The van der Waals surface area contributed by atoms with Gasteiger partial charge in [-0.3, -0.25) is 4.79 Å². The summed E-state index contributed by atoms with van der Waals surface area (Å²) >= 11 is 11.3. The molecule has 0 aromatic carbocycles. The Hall–Kier alpha value is -1.38. The molecule has 2 heterocycles. The van der Waals surface area contributed by atoms with Crippen molar-refractivity contribution >= 4 is 34.8 Å². The first-order valence-electron chi connectivity index (χ1n) is 4.92. The molecule has 1 unspecified atom stereocenters. The molecule has 1 fully saturated rings. The Kier molecular flexibility index (Phi) is 3.42. The molecule has 1 aromatic rings. The molecular weight excluding hydrogens is 285 g/mol. The number of pyridine rings is 1. The van der Waals surface area contributed by atoms with E-state index in [-0.39, 0.29) is 30.5 Å². The van der Waals surface area contributed by atoms with Crippen molar-refractivity contribution in [1.29, 1.82) is 0 Å². The maximum absolute atomic E-state index is 13.3. The van der Waals surface area contributed by atoms with Crippen molar-refractivity contribution in [2.45, 2.75) is 6.42 Å². The summed E-state index contributed by atoms with van der Waals surface area (Å²) in [6, 6.07) is 0. The zero-order valence-corrected chi connectivity index (χ0v) is 10.4. The van der Waals surface area contributed by atoms with Crippen LogP contribution in [0, 0.1) is 30.2 Å². The minimum atomic E-state index is -1.22. The molecule has 3 nitrogen and oxygen atoms in total. The number of nitrogens with zero attached hydrogens (tertiary/aromatic N) is 2. The number of amides is 1. The third-order valence-electron chi connectivity index (χ3n) is 2.61. The van der Waals surface area contributed by atoms with Crippen molar-refractivity contribution in [2.24, 2.45) is 5.92 Å². The summed E-state index contributed by atoms with van der Waals surface area (Å²) in [6.07, 6.45) is 5.31. The molecule has 1 aromatic heterocycles. The highest BCUT2D eigenvalue weighted by atomic mass is 35.5. The number of anilines is 1. The summed E-state index contributed by atoms with van der Waals surface area (Å²) in [6.45, 7) is 0.123. The molecular formula is C11H6Cl2F2N2O. The van der Waals surface area contributed by atoms with Gasteiger partial charge in [-0.05, 0) is 0 Å². The van der Waals surface area contributed by atoms with E-state index in [2.05, 4.69) is 10.9 Å². The van der Waals surface area contributed by atoms with Crippen molar-refractivity contribution in [1.82, 2.24) is 4.98 Å². The lowest BCUT2D eigenvalue weighted by molar-refractivity contribution is -0.117. The molecule has 18 heavy (non-hydrogen) atoms. The Morgan fingerprint density at radius 3 is 2.33 bits per heavy atom. The van der Waals surface area contributed by atoms with Gasteiger partial charge < -0.3 is 4.90 Å². The number of aromatic nitrogens is 1. The van der Waals surface area contributed by atoms with E-state index in [1.54, 1.807) is 0 Å². The molecule has 0 N–H and O–H groups in total. The lowest BCUT2D eigenvalue weighted by Gasteiger charge is -2.19. The number of hydrogen-bond acceptors (Lipinski definition) is 2. The van der Waals surface area contributed by atoms with Crippen LogP contribution in [-0.2, 0) is 4.79 Å². The second kappa shape index (κ2) is 4.71. The van der Waals surface area contributed by atoms with Gasteiger partial charge >= 0.3 is 0 Å². The molecule has 0 radical (unpaired) electrons. The monoisotopic (exact) mass is 290 g/mol. The fraction of sp³-hybridized carbons (Fsp3) is 0.273. The van der Waals surface area contributed by atoms with Crippen LogP contribution in [0.25, 0.3) is 0 Å². The van der Waals surface area contributed by atoms with E-state index < -0.39 is 21.9 Å². The highest BCUT2D eigenvalue weighted by molar-refractivity contribution is 6.39. The van der Waals surface area contributed by atoms with Gasteiger partial charge in [-0.25, -0.2) is 0 Å². The third-order valence-corrected chi connectivity index (χ3v) is 3.27. The summed E-state index contributed by atoms with van der Waals surface area (Å²) in [5.41, 5.74) is -0.217. The minimum Gasteiger partial charge on any atom is -0.308 e. The topological polar surface area (TPSA) is 33.2 Å². The van der Waals surface area contributed by atoms with Crippen LogP contribution in [-0.4, -0.2) is 17.4 Å². The Morgan fingerprint density at radius 2 is 1.89 bits per heavy atom. The van der Waals surface area contributed by atoms with Crippen LogP contribution in [0.2, 0.25) is 10.0 Å². The Bertz CT molecular complexity index is 545. The van der Waals surface area contributed by atoms with E-state index in [0.29, 0.717) is 0 Å². The smallest absolute Gasteiger partial charge is 0.236 e. The molecule has 0 saturated carbocycles. The molecule has 0 aliphatic carbocycles. The van der Waals surface area contributed by atoms with Crippen LogP contribution in [0.15, 0.2) is 0 Å². The lowest BCUT2D eigenvalue weighted by atomic mass is 10.1. The molecule has 1 atom stereocenters. The van der Waals surface area contributed by atoms with Crippen molar-refractivity contribution < 1.29 is 13.6 Å². The molecule has 0 bridgehead atoms. The normalized spacial score (nSPS) is 19.2. The number of carbonyl (C=O) groups excluding carboxylic acids is 1. The molecule has 7 heteroatoms. The number of hydrogen-bond donors (Lipinski definition) is 0. The van der Waals surface area contributed by atoms with Crippen LogP contribution in [0.4, 0.5) is 14.5 Å². The van der Waals surface area contributed by atoms with Crippen molar-refractivity contribution in [3.05, 3.63) is 21.9 Å². The zero-order valence-electron chi connectivity index (χ0n) is 8.88. The highest BCUT2D eigenvalue weighted by Crippen LogP contribution is 2.39. The molecule has 1 aliphatic heterocycles. The number of rotatable bonds is 1. The lowest BCUT2D eigenvalue weighted by Crippen LogP contribution is -2.26. The van der Waals surface area contributed by atoms with Gasteiger partial charge in [-0.2, -0.15) is 13.8 Å². The number of carbonyl (C=O) groups is 1. The third kappa shape index (κ3) is 2.02. The molecule has 0 spiro atoms. The van der Waals surface area contributed by atoms with Crippen molar-refractivity contribution in [3.8, 4) is 12.3 Å². The Morgan fingerprint density at radius 1 is 1.33 bits per heavy atom. The average molecular weight is 291 g/mol. The van der Waals surface area contributed by atoms with Gasteiger partial charge in [0.25, 0.3) is 0 Å². The Balaban J connectivity index is 2.53. The van der Waals surface area contributed by atoms with E-state index >= 15 is 0 Å². The van der Waals surface area contributed by atoms with Gasteiger partial charge in [0.1, 0.15) is 10.0 Å². The summed E-state index contributed by atoms with van der Waals surface area (Å²) in [4.78, 5) is 15.7. The minimum absolute atomic E-state index is 0.0920. The second-order valence-corrected chi connectivity index (χ2v) is 4.50. The maximum atomic E-state index is 13.3. The van der Waals surface area contributed by atoms with Gasteiger partial charge in [-0.15, -0.1) is 12.3 Å². The summed E-state index contributed by atoms with van der Waals surface area (Å²) in [7, 11) is 0. The van der Waals surface area contributed by atoms with E-state index in [1.807, 2.05) is 0 Å². The molecule has 2 rings (SSSR count). The predicted molar refractivity (Wildman–Crippen MR) is 63.5 cm³/mol. The SMILES string of the molecule is C#CC1CC(=O)N(c2c(Cl)c(F)nc(F)c2Cl)C1. The fourth-order valence-electron chi connectivity index (χ4n) is 1.75. The van der Waals surface area contributed by atoms with Crippen LogP contribution in [0.3, 0.4) is 0 Å². The van der Waals surface area contributed by atoms with E-state index in [9.17, 15) is 13.6 Å². The zero-order chi connectivity index (χ0) is 13.4. The van der Waals surface area contributed by atoms with Crippen molar-refractivity contribution in [2.75, 3.05) is 11.4 Å². The van der Waals surface area contributed by atoms with Crippen LogP contribution in [0.5, 0.6) is 0 Å². The predicted octanol–water partition coefficient (Wildman–Crippen LogP) is 2.65. The van der Waals surface area contributed by atoms with Crippen LogP contribution in [0.1, 0.15) is 6.42 Å². The summed E-state index contributed by atoms with van der Waals surface area (Å²) in [5.74, 6) is -0.736. The molecule has 1 amide bonds. The highest BCUT2D eigenvalue weighted by Gasteiger charge is 2.34. The quantitative estimate of drug-likeness (QED) is 0.588. The summed E-state index contributed by atoms with van der Waals surface area (Å²) in [5, 5.41) is -0.986. The van der Waals surface area contributed by atoms with E-state index in [4.69, 9.17) is 29.6 Å². The largest absolute Gasteiger partial charge is 0.308 e. The van der Waals surface area contributed by atoms with E-state index in [0.717, 1.165) is 4.90 Å². The molecule has 1 saturated heterocycles. The first-order chi connectivity index (χ1) is 8.45. The van der Waals surface area contributed by atoms with Gasteiger partial charge in [0.2, 0.25) is 17.8 Å². The van der Waals surface area contributed by atoms with Gasteiger partial charge in [0, 0.05) is 18.9 Å². The number of terminal acetylenes is 1. The van der Waals surface area contributed by atoms with Crippen molar-refractivity contribution in [3.63, 3.8) is 0 Å². The second-order valence-electron chi connectivity index (χ2n) is 3.74. The van der Waals surface area contributed by atoms with E-state index in [1.165, 1.54) is 0 Å². The number of halogens is 4. The Labute approximate surface area is 112 Å². The fourth-order valence-corrected chi connectivity index (χ4v) is 2.27. The van der Waals surface area contributed by atoms with Gasteiger partial charge in [0.15, 0.2) is 0 Å². The summed E-state index contributed by atoms with van der Waals surface area (Å²) < 4.78 is 26.5. The van der Waals surface area contributed by atoms with Crippen LogP contribution < -0.4 is 4.90 Å². The van der Waals surface area contributed by atoms with Gasteiger partial charge in [-0.1, -0.05) is 23.2 Å². The molecule has 94 valence electrons. The first kappa shape index (κ1) is 13.1. The average Bonchev–Trinajstić information content (AvgIpc) is 2.69. The maximum Gasteiger partial charge on any atom is 0.236 e.